The molecule has 0 fully saturated rings. The number of methoxy groups -OCH3 is 3. The molecule has 0 saturated heterocycles. The van der Waals surface area contributed by atoms with Gasteiger partial charge in [-0.3, -0.25) is 4.72 Å². The van der Waals surface area contributed by atoms with Gasteiger partial charge < -0.3 is 19.5 Å². The van der Waals surface area contributed by atoms with E-state index in [0.717, 1.165) is 5.56 Å². The molecule has 0 radical (unpaired) electrons. The van der Waals surface area contributed by atoms with Crippen molar-refractivity contribution in [3.05, 3.63) is 42.0 Å². The van der Waals surface area contributed by atoms with E-state index in [9.17, 15) is 4.21 Å². The molecule has 1 aromatic carbocycles. The average Bonchev–Trinajstić information content (AvgIpc) is 2.76. The van der Waals surface area contributed by atoms with E-state index < -0.39 is 22.3 Å². The molecule has 1 aromatic heterocycles. The number of hydrogen-bond donors (Lipinski definition) is 2. The molecule has 2 N–H and O–H groups in total. The summed E-state index contributed by atoms with van der Waals surface area (Å²) >= 11 is 5.30. The van der Waals surface area contributed by atoms with Gasteiger partial charge in [0.15, 0.2) is 10.9 Å². The Morgan fingerprint density at radius 3 is 2.10 bits per heavy atom. The van der Waals surface area contributed by atoms with E-state index in [1.165, 1.54) is 7.11 Å². The van der Waals surface area contributed by atoms with Gasteiger partial charge in [0.05, 0.1) is 19.5 Å². The summed E-state index contributed by atoms with van der Waals surface area (Å²) in [6.45, 7) is 7.66. The van der Waals surface area contributed by atoms with Gasteiger partial charge in [-0.1, -0.05) is 19.9 Å². The van der Waals surface area contributed by atoms with Gasteiger partial charge in [0.25, 0.3) is 0 Å². The lowest BCUT2D eigenvalue weighted by Crippen LogP contribution is -2.38. The molecule has 0 bridgehead atoms. The van der Waals surface area contributed by atoms with Gasteiger partial charge in [-0.2, -0.15) is 0 Å². The molecular weight excluding hydrogens is 424 g/mol. The van der Waals surface area contributed by atoms with Gasteiger partial charge in [0.1, 0.15) is 34.3 Å². The zero-order valence-electron chi connectivity index (χ0n) is 18.4. The number of aryl methyl sites for hydroxylation is 1. The van der Waals surface area contributed by atoms with Crippen LogP contribution in [0.2, 0.25) is 0 Å². The number of hydrogen-bond acceptors (Lipinski definition) is 7. The van der Waals surface area contributed by atoms with Gasteiger partial charge in [-0.05, 0) is 43.8 Å². The fraction of sp³-hybridized carbons (Fsp3) is 0.450. The van der Waals surface area contributed by atoms with Crippen molar-refractivity contribution in [3.8, 4) is 11.5 Å². The van der Waals surface area contributed by atoms with Crippen LogP contribution in [0.15, 0.2) is 30.6 Å². The summed E-state index contributed by atoms with van der Waals surface area (Å²) in [4.78, 5) is 8.53. The number of benzene rings is 1. The van der Waals surface area contributed by atoms with Crippen LogP contribution >= 0.6 is 12.2 Å². The first kappa shape index (κ1) is 25.7. The van der Waals surface area contributed by atoms with Crippen molar-refractivity contribution < 1.29 is 18.4 Å². The van der Waals surface area contributed by atoms with Crippen molar-refractivity contribution in [1.29, 1.82) is 0 Å². The second-order valence-corrected chi connectivity index (χ2v) is 7.82. The molecule has 10 heteroatoms. The van der Waals surface area contributed by atoms with Gasteiger partial charge in [-0.25, -0.2) is 14.2 Å². The Labute approximate surface area is 186 Å². The Morgan fingerprint density at radius 2 is 1.63 bits per heavy atom. The molecule has 0 spiro atoms. The monoisotopic (exact) mass is 454 g/mol. The summed E-state index contributed by atoms with van der Waals surface area (Å²) in [6, 6.07) is 5.33. The normalized spacial score (nSPS) is 13.2. The number of anilines is 1. The molecule has 0 amide bonds. The highest BCUT2D eigenvalue weighted by Gasteiger charge is 2.27. The van der Waals surface area contributed by atoms with E-state index >= 15 is 0 Å². The Bertz CT molecular complexity index is 812. The molecule has 1 heterocycles. The molecule has 30 heavy (non-hydrogen) atoms. The Hall–Kier alpha value is -2.30. The molecule has 166 valence electrons. The highest BCUT2D eigenvalue weighted by atomic mass is 32.2. The maximum absolute atomic E-state index is 12.8. The van der Waals surface area contributed by atoms with Crippen molar-refractivity contribution in [2.24, 2.45) is 0 Å². The zero-order valence-corrected chi connectivity index (χ0v) is 20.0. The summed E-state index contributed by atoms with van der Waals surface area (Å²) in [5, 5.41) is 2.67. The van der Waals surface area contributed by atoms with Crippen molar-refractivity contribution in [3.63, 3.8) is 0 Å². The molecule has 0 saturated carbocycles. The zero-order chi connectivity index (χ0) is 22.7. The summed E-state index contributed by atoms with van der Waals surface area (Å²) in [7, 11) is 3.05. The first-order valence-corrected chi connectivity index (χ1v) is 11.0. The number of rotatable bonds is 8. The Morgan fingerprint density at radius 1 is 1.10 bits per heavy atom. The molecule has 3 atom stereocenters. The Kier molecular flexibility index (Phi) is 11.2. The highest BCUT2D eigenvalue weighted by molar-refractivity contribution is 7.87. The second kappa shape index (κ2) is 13.1. The predicted molar refractivity (Wildman–Crippen MR) is 124 cm³/mol. The predicted octanol–water partition coefficient (Wildman–Crippen LogP) is 3.55. The molecule has 2 aromatic rings. The van der Waals surface area contributed by atoms with Crippen LogP contribution in [0.25, 0.3) is 0 Å². The molecule has 0 aliphatic heterocycles. The first-order chi connectivity index (χ1) is 14.4. The number of para-hydroxylation sites is 1. The van der Waals surface area contributed by atoms with Crippen LogP contribution in [0.1, 0.15) is 38.3 Å². The molecule has 3 unspecified atom stereocenters. The highest BCUT2D eigenvalue weighted by Crippen LogP contribution is 2.34. The molecular formula is C20H30N4O4S2. The van der Waals surface area contributed by atoms with Crippen LogP contribution in [-0.2, 0) is 15.7 Å². The fourth-order valence-electron chi connectivity index (χ4n) is 2.47. The third kappa shape index (κ3) is 6.89. The quantitative estimate of drug-likeness (QED) is 0.585. The molecule has 2 rings (SSSR count). The molecule has 0 aliphatic carbocycles. The van der Waals surface area contributed by atoms with Crippen molar-refractivity contribution in [2.75, 3.05) is 26.6 Å². The van der Waals surface area contributed by atoms with Crippen LogP contribution in [0.4, 0.5) is 5.69 Å². The van der Waals surface area contributed by atoms with E-state index in [-0.39, 0.29) is 5.11 Å². The number of aromatic nitrogens is 2. The standard InChI is InChI=1S/C18H24N4O4S2.C2H6/c1-11-9-19-17(20-10-11)16(26-5)12(2)28(23)22-18(27)21-15-13(24-3)7-6-8-14(15)25-4;1-2/h6-10,12,16H,1-5H3,(H2,21,22,27);1-2H3. The van der Waals surface area contributed by atoms with Crippen LogP contribution in [0.5, 0.6) is 11.5 Å². The minimum atomic E-state index is -1.56. The lowest BCUT2D eigenvalue weighted by atomic mass is 10.2. The van der Waals surface area contributed by atoms with Crippen molar-refractivity contribution >= 4 is 34.0 Å². The minimum absolute atomic E-state index is 0.160. The van der Waals surface area contributed by atoms with E-state index in [1.54, 1.807) is 51.7 Å². The van der Waals surface area contributed by atoms with Gasteiger partial charge >= 0.3 is 0 Å². The lowest BCUT2D eigenvalue weighted by Gasteiger charge is -2.22. The number of thiocarbonyl (C=S) groups is 1. The largest absolute Gasteiger partial charge is 0.494 e. The first-order valence-electron chi connectivity index (χ1n) is 9.41. The molecule has 0 aliphatic rings. The van der Waals surface area contributed by atoms with Crippen LogP contribution < -0.4 is 19.5 Å². The third-order valence-electron chi connectivity index (χ3n) is 3.93. The van der Waals surface area contributed by atoms with E-state index in [0.29, 0.717) is 23.0 Å². The van der Waals surface area contributed by atoms with Gasteiger partial charge in [0.2, 0.25) is 0 Å². The summed E-state index contributed by atoms with van der Waals surface area (Å²) in [6.07, 6.45) is 2.83. The topological polar surface area (TPSA) is 94.6 Å². The van der Waals surface area contributed by atoms with E-state index in [1.807, 2.05) is 20.8 Å². The van der Waals surface area contributed by atoms with Gasteiger partial charge in [0, 0.05) is 19.5 Å². The maximum atomic E-state index is 12.8. The average molecular weight is 455 g/mol. The van der Waals surface area contributed by atoms with E-state index in [2.05, 4.69) is 20.0 Å². The fourth-order valence-corrected chi connectivity index (χ4v) is 3.69. The second-order valence-electron chi connectivity index (χ2n) is 5.87. The number of nitrogens with zero attached hydrogens (tertiary/aromatic N) is 2. The minimum Gasteiger partial charge on any atom is -0.494 e. The van der Waals surface area contributed by atoms with Gasteiger partial charge in [-0.15, -0.1) is 0 Å². The Balaban J connectivity index is 0.00000218. The SMILES string of the molecule is CC.COc1cccc(OC)c1NC(=S)NS(=O)C(C)C(OC)c1ncc(C)cn1. The summed E-state index contributed by atoms with van der Waals surface area (Å²) in [5.41, 5.74) is 1.47. The van der Waals surface area contributed by atoms with Crippen molar-refractivity contribution in [1.82, 2.24) is 14.7 Å². The lowest BCUT2D eigenvalue weighted by molar-refractivity contribution is 0.0959. The molecule has 8 nitrogen and oxygen atoms in total. The smallest absolute Gasteiger partial charge is 0.182 e. The number of ether oxygens (including phenoxy) is 3. The van der Waals surface area contributed by atoms with Crippen LogP contribution in [0.3, 0.4) is 0 Å². The maximum Gasteiger partial charge on any atom is 0.182 e. The van der Waals surface area contributed by atoms with Crippen LogP contribution in [-0.4, -0.2) is 45.9 Å². The summed E-state index contributed by atoms with van der Waals surface area (Å²) < 4.78 is 31.7. The van der Waals surface area contributed by atoms with Crippen LogP contribution in [0, 0.1) is 6.92 Å². The van der Waals surface area contributed by atoms with Crippen molar-refractivity contribution in [2.45, 2.75) is 39.0 Å². The summed E-state index contributed by atoms with van der Waals surface area (Å²) in [5.74, 6) is 1.55. The number of nitrogens with one attached hydrogen (secondary N) is 2. The third-order valence-corrected chi connectivity index (χ3v) is 5.59. The van der Waals surface area contributed by atoms with E-state index in [4.69, 9.17) is 26.4 Å².